The number of aliphatic hydroxyl groups is 4. The Morgan fingerprint density at radius 2 is 2.00 bits per heavy atom. The zero-order valence-electron chi connectivity index (χ0n) is 7.35. The summed E-state index contributed by atoms with van der Waals surface area (Å²) in [6.07, 6.45) is -0.693. The number of aromatic nitrogens is 2. The Labute approximate surface area is 80.1 Å². The van der Waals surface area contributed by atoms with Crippen LogP contribution in [0.1, 0.15) is 18.0 Å². The summed E-state index contributed by atoms with van der Waals surface area (Å²) < 4.78 is 1.47. The Hall–Kier alpha value is -0.950. The van der Waals surface area contributed by atoms with Crippen molar-refractivity contribution < 1.29 is 20.4 Å². The second-order valence-electron chi connectivity index (χ2n) is 3.37. The summed E-state index contributed by atoms with van der Waals surface area (Å²) in [5, 5.41) is 37.6. The maximum atomic E-state index is 9.55. The highest BCUT2D eigenvalue weighted by Gasteiger charge is 2.40. The van der Waals surface area contributed by atoms with Gasteiger partial charge in [0.25, 0.3) is 0 Å². The van der Waals surface area contributed by atoms with E-state index >= 15 is 0 Å². The highest BCUT2D eigenvalue weighted by atomic mass is 16.4. The average Bonchev–Trinajstić information content (AvgIpc) is 2.64. The van der Waals surface area contributed by atoms with Gasteiger partial charge in [0, 0.05) is 12.4 Å². The van der Waals surface area contributed by atoms with Crippen molar-refractivity contribution in [2.24, 2.45) is 0 Å². The van der Waals surface area contributed by atoms with E-state index in [1.807, 2.05) is 0 Å². The van der Waals surface area contributed by atoms with Crippen LogP contribution in [0.4, 0.5) is 0 Å². The predicted molar refractivity (Wildman–Crippen MR) is 45.3 cm³/mol. The van der Waals surface area contributed by atoms with Gasteiger partial charge >= 0.3 is 0 Å². The van der Waals surface area contributed by atoms with Crippen LogP contribution in [0.3, 0.4) is 0 Å². The molecule has 0 saturated heterocycles. The molecule has 0 amide bonds. The molecule has 0 radical (unpaired) electrons. The fraction of sp³-hybridized carbons (Fsp3) is 0.625. The molecule has 2 heterocycles. The maximum Gasteiger partial charge on any atom is 0.140 e. The van der Waals surface area contributed by atoms with Crippen molar-refractivity contribution in [2.45, 2.75) is 24.4 Å². The summed E-state index contributed by atoms with van der Waals surface area (Å²) in [7, 11) is 0. The summed E-state index contributed by atoms with van der Waals surface area (Å²) in [5.41, 5.74) is 0. The fourth-order valence-corrected chi connectivity index (χ4v) is 1.76. The first kappa shape index (κ1) is 9.60. The Morgan fingerprint density at radius 3 is 2.64 bits per heavy atom. The molecule has 0 bridgehead atoms. The zero-order valence-corrected chi connectivity index (χ0v) is 7.35. The first-order chi connectivity index (χ1) is 6.66. The van der Waals surface area contributed by atoms with Crippen LogP contribution in [0.25, 0.3) is 0 Å². The van der Waals surface area contributed by atoms with Gasteiger partial charge in [-0.3, -0.25) is 0 Å². The van der Waals surface area contributed by atoms with E-state index in [4.69, 9.17) is 5.11 Å². The van der Waals surface area contributed by atoms with Crippen molar-refractivity contribution in [1.82, 2.24) is 9.55 Å². The molecule has 4 N–H and O–H groups in total. The number of hydrogen-bond acceptors (Lipinski definition) is 5. The molecule has 2 rings (SSSR count). The van der Waals surface area contributed by atoms with Crippen LogP contribution < -0.4 is 0 Å². The molecule has 0 fully saturated rings. The molecule has 0 unspecified atom stereocenters. The van der Waals surface area contributed by atoms with E-state index in [-0.39, 0.29) is 12.4 Å². The lowest BCUT2D eigenvalue weighted by Crippen LogP contribution is -2.46. The van der Waals surface area contributed by atoms with Crippen molar-refractivity contribution >= 4 is 0 Å². The Kier molecular flexibility index (Phi) is 2.28. The summed E-state index contributed by atoms with van der Waals surface area (Å²) in [6, 6.07) is -0.647. The lowest BCUT2D eigenvalue weighted by Gasteiger charge is -2.35. The lowest BCUT2D eigenvalue weighted by molar-refractivity contribution is -0.108. The maximum absolute atomic E-state index is 9.55. The number of nitrogens with zero attached hydrogens (tertiary/aromatic N) is 2. The van der Waals surface area contributed by atoms with Crippen LogP contribution in [0, 0.1) is 0 Å². The molecule has 1 aromatic heterocycles. The van der Waals surface area contributed by atoms with E-state index in [2.05, 4.69) is 4.98 Å². The van der Waals surface area contributed by atoms with Gasteiger partial charge in [-0.15, -0.1) is 0 Å². The van der Waals surface area contributed by atoms with Crippen LogP contribution in [-0.4, -0.2) is 48.8 Å². The molecule has 0 spiro atoms. The van der Waals surface area contributed by atoms with E-state index in [1.165, 1.54) is 10.8 Å². The van der Waals surface area contributed by atoms with Gasteiger partial charge in [0.15, 0.2) is 0 Å². The molecule has 4 atom stereocenters. The van der Waals surface area contributed by atoms with Gasteiger partial charge in [-0.05, 0) is 0 Å². The van der Waals surface area contributed by atoms with E-state index in [0.29, 0.717) is 0 Å². The number of rotatable bonds is 1. The van der Waals surface area contributed by atoms with Gasteiger partial charge in [0.2, 0.25) is 0 Å². The summed E-state index contributed by atoms with van der Waals surface area (Å²) >= 11 is 0. The number of hydrogen-bond donors (Lipinski definition) is 4. The third-order valence-corrected chi connectivity index (χ3v) is 2.58. The molecule has 1 aliphatic heterocycles. The molecule has 14 heavy (non-hydrogen) atoms. The highest BCUT2D eigenvalue weighted by molar-refractivity contribution is 5.08. The van der Waals surface area contributed by atoms with Gasteiger partial charge in [-0.1, -0.05) is 0 Å². The van der Waals surface area contributed by atoms with Gasteiger partial charge < -0.3 is 25.0 Å². The molecular formula is C8H12N2O4. The van der Waals surface area contributed by atoms with Gasteiger partial charge in [-0.2, -0.15) is 0 Å². The van der Waals surface area contributed by atoms with Crippen LogP contribution >= 0.6 is 0 Å². The molecule has 78 valence electrons. The number of imidazole rings is 1. The van der Waals surface area contributed by atoms with E-state index in [0.717, 1.165) is 0 Å². The topological polar surface area (TPSA) is 98.7 Å². The fourth-order valence-electron chi connectivity index (χ4n) is 1.76. The predicted octanol–water partition coefficient (Wildman–Crippen LogP) is -1.81. The van der Waals surface area contributed by atoms with Crippen molar-refractivity contribution in [2.75, 3.05) is 6.61 Å². The monoisotopic (exact) mass is 200 g/mol. The van der Waals surface area contributed by atoms with Gasteiger partial charge in [-0.25, -0.2) is 4.98 Å². The third-order valence-electron chi connectivity index (χ3n) is 2.58. The highest BCUT2D eigenvalue weighted by Crippen LogP contribution is 2.30. The van der Waals surface area contributed by atoms with Crippen molar-refractivity contribution in [3.8, 4) is 0 Å². The second-order valence-corrected chi connectivity index (χ2v) is 3.37. The minimum Gasteiger partial charge on any atom is -0.394 e. The lowest BCUT2D eigenvalue weighted by atomic mass is 9.96. The van der Waals surface area contributed by atoms with Gasteiger partial charge in [0.05, 0.1) is 12.6 Å². The van der Waals surface area contributed by atoms with Crippen LogP contribution in [0.15, 0.2) is 12.4 Å². The smallest absolute Gasteiger partial charge is 0.140 e. The normalized spacial score (nSPS) is 36.9. The van der Waals surface area contributed by atoms with Crippen molar-refractivity contribution in [3.05, 3.63) is 18.2 Å². The molecule has 0 aliphatic carbocycles. The third kappa shape index (κ3) is 1.16. The summed E-state index contributed by atoms with van der Waals surface area (Å²) in [5.74, 6) is 0.266. The summed E-state index contributed by atoms with van der Waals surface area (Å²) in [6.45, 7) is -0.311. The number of aliphatic hydroxyl groups excluding tert-OH is 4. The average molecular weight is 200 g/mol. The molecular weight excluding hydrogens is 188 g/mol. The zero-order chi connectivity index (χ0) is 10.3. The van der Waals surface area contributed by atoms with Crippen LogP contribution in [-0.2, 0) is 0 Å². The standard InChI is InChI=1S/C8H12N2O4/c11-3-4-5(12)6(13)7(14)8-9-1-2-10(4)8/h1-2,4-7,11-14H,3H2/t4-,5-,6-,7-/m1/s1. The molecule has 0 aromatic carbocycles. The van der Waals surface area contributed by atoms with E-state index < -0.39 is 24.4 Å². The van der Waals surface area contributed by atoms with Crippen molar-refractivity contribution in [1.29, 1.82) is 0 Å². The quantitative estimate of drug-likeness (QED) is 0.428. The molecule has 0 saturated carbocycles. The largest absolute Gasteiger partial charge is 0.394 e. The first-order valence-electron chi connectivity index (χ1n) is 4.34. The first-order valence-corrected chi connectivity index (χ1v) is 4.34. The van der Waals surface area contributed by atoms with Gasteiger partial charge in [0.1, 0.15) is 24.1 Å². The minimum absolute atomic E-state index is 0.266. The Bertz CT molecular complexity index is 327. The SMILES string of the molecule is OC[C@@H]1[C@@H](O)[C@@H](O)[C@@H](O)c2nccn21. The van der Waals surface area contributed by atoms with E-state index in [1.54, 1.807) is 6.20 Å². The molecule has 1 aliphatic rings. The van der Waals surface area contributed by atoms with Crippen LogP contribution in [0.2, 0.25) is 0 Å². The number of fused-ring (bicyclic) bond motifs is 1. The Balaban J connectivity index is 2.44. The van der Waals surface area contributed by atoms with E-state index in [9.17, 15) is 15.3 Å². The molecule has 6 heteroatoms. The Morgan fingerprint density at radius 1 is 1.29 bits per heavy atom. The van der Waals surface area contributed by atoms with Crippen molar-refractivity contribution in [3.63, 3.8) is 0 Å². The molecule has 6 nitrogen and oxygen atoms in total. The molecule has 1 aromatic rings. The minimum atomic E-state index is -1.30. The second kappa shape index (κ2) is 3.32. The van der Waals surface area contributed by atoms with Crippen LogP contribution in [0.5, 0.6) is 0 Å². The summed E-state index contributed by atoms with van der Waals surface area (Å²) in [4.78, 5) is 3.85.